The normalized spacial score (nSPS) is 22.5. The topological polar surface area (TPSA) is 120 Å². The van der Waals surface area contributed by atoms with Crippen LogP contribution in [0.15, 0.2) is 48.5 Å². The molecule has 9 nitrogen and oxygen atoms in total. The maximum atomic E-state index is 12.4. The molecule has 0 saturated carbocycles. The van der Waals surface area contributed by atoms with Gasteiger partial charge in [0.25, 0.3) is 0 Å². The minimum Gasteiger partial charge on any atom is -0.392 e. The minimum absolute atomic E-state index is 0.00225. The predicted octanol–water partition coefficient (Wildman–Crippen LogP) is 4.60. The van der Waals surface area contributed by atoms with Crippen LogP contribution in [0.4, 0.5) is 5.69 Å². The van der Waals surface area contributed by atoms with Crippen molar-refractivity contribution < 1.29 is 29.4 Å². The first-order valence-electron chi connectivity index (χ1n) is 14.1. The summed E-state index contributed by atoms with van der Waals surface area (Å²) in [6, 6.07) is 15.4. The van der Waals surface area contributed by atoms with E-state index < -0.39 is 12.2 Å². The number of hydroxylamine groups is 1. The summed E-state index contributed by atoms with van der Waals surface area (Å²) in [5, 5.41) is 20.9. The molecule has 0 spiro atoms. The highest BCUT2D eigenvalue weighted by atomic mass is 16.7. The number of rotatable bonds is 10. The zero-order chi connectivity index (χ0) is 27.5. The Labute approximate surface area is 230 Å². The van der Waals surface area contributed by atoms with Gasteiger partial charge in [-0.2, -0.15) is 0 Å². The number of benzene rings is 2. The van der Waals surface area contributed by atoms with Crippen LogP contribution >= 0.6 is 0 Å². The predicted molar refractivity (Wildman–Crippen MR) is 147 cm³/mol. The molecule has 4 rings (SSSR count). The van der Waals surface area contributed by atoms with Crippen LogP contribution in [-0.2, 0) is 25.7 Å². The molecule has 2 saturated heterocycles. The van der Waals surface area contributed by atoms with E-state index in [4.69, 9.17) is 14.7 Å². The average Bonchev–Trinajstić information content (AvgIpc) is 2.94. The fourth-order valence-corrected chi connectivity index (χ4v) is 5.27. The van der Waals surface area contributed by atoms with E-state index in [-0.39, 0.29) is 37.6 Å². The lowest BCUT2D eigenvalue weighted by atomic mass is 9.99. The first-order valence-corrected chi connectivity index (χ1v) is 14.1. The van der Waals surface area contributed by atoms with E-state index in [1.807, 2.05) is 48.5 Å². The molecule has 0 unspecified atom stereocenters. The van der Waals surface area contributed by atoms with E-state index >= 15 is 0 Å². The maximum absolute atomic E-state index is 12.4. The second-order valence-electron chi connectivity index (χ2n) is 10.5. The van der Waals surface area contributed by atoms with Gasteiger partial charge < -0.3 is 24.8 Å². The zero-order valence-corrected chi connectivity index (χ0v) is 22.5. The third kappa shape index (κ3) is 9.12. The lowest BCUT2D eigenvalue weighted by Gasteiger charge is -2.39. The van der Waals surface area contributed by atoms with Gasteiger partial charge >= 0.3 is 0 Å². The van der Waals surface area contributed by atoms with Crippen LogP contribution in [-0.4, -0.2) is 52.8 Å². The Bertz CT molecular complexity index is 1050. The number of nitrogens with one attached hydrogen (secondary N) is 2. The molecule has 0 aliphatic carbocycles. The number of nitrogens with zero attached hydrogens (tertiary/aromatic N) is 1. The zero-order valence-electron chi connectivity index (χ0n) is 22.5. The molecule has 4 N–H and O–H groups in total. The van der Waals surface area contributed by atoms with Gasteiger partial charge in [0, 0.05) is 37.1 Å². The third-order valence-corrected chi connectivity index (χ3v) is 7.40. The smallest absolute Gasteiger partial charge is 0.243 e. The molecular formula is C30H41N3O6. The molecule has 0 aromatic heterocycles. The third-order valence-electron chi connectivity index (χ3n) is 7.40. The highest BCUT2D eigenvalue weighted by Gasteiger charge is 2.33. The van der Waals surface area contributed by atoms with Gasteiger partial charge in [0.1, 0.15) is 0 Å². The molecule has 212 valence electrons. The molecule has 2 aromatic rings. The largest absolute Gasteiger partial charge is 0.392 e. The van der Waals surface area contributed by atoms with Gasteiger partial charge in [0.2, 0.25) is 11.8 Å². The summed E-state index contributed by atoms with van der Waals surface area (Å²) in [6.07, 6.45) is 6.85. The van der Waals surface area contributed by atoms with E-state index in [1.54, 1.807) is 5.48 Å². The van der Waals surface area contributed by atoms with E-state index in [1.165, 1.54) is 32.1 Å². The van der Waals surface area contributed by atoms with Crippen molar-refractivity contribution in [2.24, 2.45) is 0 Å². The first-order chi connectivity index (χ1) is 19.0. The van der Waals surface area contributed by atoms with E-state index in [9.17, 15) is 14.7 Å². The van der Waals surface area contributed by atoms with Crippen LogP contribution in [0.3, 0.4) is 0 Å². The van der Waals surface area contributed by atoms with E-state index in [0.717, 1.165) is 42.7 Å². The van der Waals surface area contributed by atoms with Crippen molar-refractivity contribution in [2.75, 3.05) is 25.0 Å². The monoisotopic (exact) mass is 539 g/mol. The molecule has 2 aromatic carbocycles. The van der Waals surface area contributed by atoms with Crippen LogP contribution in [0.25, 0.3) is 0 Å². The Balaban J connectivity index is 1.46. The van der Waals surface area contributed by atoms with Crippen LogP contribution in [0.1, 0.15) is 86.9 Å². The van der Waals surface area contributed by atoms with Gasteiger partial charge in [-0.25, -0.2) is 5.48 Å². The Kier molecular flexibility index (Phi) is 11.3. The average molecular weight is 540 g/mol. The van der Waals surface area contributed by atoms with E-state index in [2.05, 4.69) is 10.2 Å². The Morgan fingerprint density at radius 2 is 1.62 bits per heavy atom. The SMILES string of the molecule is O=C(CCCC(=O)Nc1cccc([C@H]2O[C@@H](CN3CCCCCCC3)C[C@@H](c3ccc(CO)cc3)O2)c1)NO. The number of hydrogen-bond acceptors (Lipinski definition) is 7. The summed E-state index contributed by atoms with van der Waals surface area (Å²) in [6.45, 7) is 3.02. The molecule has 2 heterocycles. The van der Waals surface area contributed by atoms with Crippen molar-refractivity contribution >= 4 is 17.5 Å². The standard InChI is InChI=1S/C30H41N3O6/c34-21-22-12-14-23(15-13-22)27-19-26(20-33-16-4-2-1-3-5-17-33)38-30(39-27)24-8-6-9-25(18-24)31-28(35)10-7-11-29(36)32-37/h6,8-9,12-15,18,26-27,30,34,37H,1-5,7,10-11,16-17,19-21H2,(H,31,35)(H,32,36)/t26-,27+,30+/m1/s1. The van der Waals surface area contributed by atoms with Gasteiger partial charge in [0.05, 0.1) is 18.8 Å². The van der Waals surface area contributed by atoms with Gasteiger partial charge in [-0.1, -0.05) is 55.7 Å². The van der Waals surface area contributed by atoms with Crippen LogP contribution < -0.4 is 10.8 Å². The summed E-state index contributed by atoms with van der Waals surface area (Å²) in [5.74, 6) is -0.720. The molecule has 2 aliphatic rings. The lowest BCUT2D eigenvalue weighted by molar-refractivity contribution is -0.253. The number of hydrogen-bond donors (Lipinski definition) is 4. The number of ether oxygens (including phenoxy) is 2. The number of amides is 2. The van der Waals surface area contributed by atoms with Gasteiger partial charge in [-0.3, -0.25) is 14.8 Å². The van der Waals surface area contributed by atoms with Crippen molar-refractivity contribution in [2.45, 2.75) is 82.9 Å². The van der Waals surface area contributed by atoms with Crippen molar-refractivity contribution in [3.05, 3.63) is 65.2 Å². The number of aliphatic hydroxyl groups excluding tert-OH is 1. The Morgan fingerprint density at radius 1 is 0.897 bits per heavy atom. The van der Waals surface area contributed by atoms with Gasteiger partial charge in [-0.05, 0) is 55.6 Å². The molecular weight excluding hydrogens is 498 g/mol. The summed E-state index contributed by atoms with van der Waals surface area (Å²) < 4.78 is 13.0. The second kappa shape index (κ2) is 15.1. The number of aliphatic hydroxyl groups is 1. The summed E-state index contributed by atoms with van der Waals surface area (Å²) in [7, 11) is 0. The van der Waals surface area contributed by atoms with Crippen molar-refractivity contribution in [1.29, 1.82) is 0 Å². The fraction of sp³-hybridized carbons (Fsp3) is 0.533. The summed E-state index contributed by atoms with van der Waals surface area (Å²) >= 11 is 0. The lowest BCUT2D eigenvalue weighted by Crippen LogP contribution is -2.40. The van der Waals surface area contributed by atoms with Gasteiger partial charge in [-0.15, -0.1) is 0 Å². The van der Waals surface area contributed by atoms with Gasteiger partial charge in [0.15, 0.2) is 6.29 Å². The maximum Gasteiger partial charge on any atom is 0.243 e. The quantitative estimate of drug-likeness (QED) is 0.257. The second-order valence-corrected chi connectivity index (χ2v) is 10.5. The Morgan fingerprint density at radius 3 is 2.33 bits per heavy atom. The van der Waals surface area contributed by atoms with E-state index in [0.29, 0.717) is 12.1 Å². The molecule has 2 amide bonds. The van der Waals surface area contributed by atoms with Crippen LogP contribution in [0.2, 0.25) is 0 Å². The molecule has 9 heteroatoms. The molecule has 39 heavy (non-hydrogen) atoms. The van der Waals surface area contributed by atoms with Crippen LogP contribution in [0.5, 0.6) is 0 Å². The van der Waals surface area contributed by atoms with Crippen molar-refractivity contribution in [3.8, 4) is 0 Å². The Hall–Kier alpha value is -2.82. The molecule has 2 aliphatic heterocycles. The molecule has 3 atom stereocenters. The number of carbonyl (C=O) groups is 2. The summed E-state index contributed by atoms with van der Waals surface area (Å²) in [5.41, 5.74) is 4.94. The van der Waals surface area contributed by atoms with Crippen molar-refractivity contribution in [1.82, 2.24) is 10.4 Å². The fourth-order valence-electron chi connectivity index (χ4n) is 5.27. The highest BCUT2D eigenvalue weighted by Crippen LogP contribution is 2.38. The summed E-state index contributed by atoms with van der Waals surface area (Å²) in [4.78, 5) is 26.1. The minimum atomic E-state index is -0.592. The highest BCUT2D eigenvalue weighted by molar-refractivity contribution is 5.91. The first kappa shape index (κ1) is 29.2. The van der Waals surface area contributed by atoms with Crippen molar-refractivity contribution in [3.63, 3.8) is 0 Å². The van der Waals surface area contributed by atoms with Crippen LogP contribution in [0, 0.1) is 0 Å². The number of likely N-dealkylation sites (tertiary alicyclic amines) is 1. The molecule has 0 bridgehead atoms. The number of anilines is 1. The molecule has 2 fully saturated rings. The molecule has 0 radical (unpaired) electrons. The number of carbonyl (C=O) groups excluding carboxylic acids is 2.